The third-order valence-corrected chi connectivity index (χ3v) is 6.75. The molecule has 0 aliphatic carbocycles. The van der Waals surface area contributed by atoms with Gasteiger partial charge in [0.1, 0.15) is 18.3 Å². The summed E-state index contributed by atoms with van der Waals surface area (Å²) in [5.74, 6) is 0.885. The third-order valence-electron chi connectivity index (χ3n) is 5.89. The molecule has 10 nitrogen and oxygen atoms in total. The molecule has 4 aromatic heterocycles. The van der Waals surface area contributed by atoms with Gasteiger partial charge in [0, 0.05) is 33.1 Å². The van der Waals surface area contributed by atoms with Crippen LogP contribution in [-0.2, 0) is 22.7 Å². The Morgan fingerprint density at radius 2 is 1.97 bits per heavy atom. The van der Waals surface area contributed by atoms with Crippen molar-refractivity contribution in [1.29, 1.82) is 0 Å². The number of nitrogens with one attached hydrogen (secondary N) is 2. The van der Waals surface area contributed by atoms with Crippen LogP contribution in [-0.4, -0.2) is 47.4 Å². The van der Waals surface area contributed by atoms with Gasteiger partial charge in [-0.15, -0.1) is 21.5 Å². The van der Waals surface area contributed by atoms with Crippen LogP contribution in [0, 0.1) is 6.92 Å². The van der Waals surface area contributed by atoms with Crippen LogP contribution in [0.1, 0.15) is 43.0 Å². The standard InChI is InChI=1S/C27H29N7O3S/c1-17-11-12-22(37-17)25-30-32-34(31-25)16-23(35)33(15-18-8-7-13-38-18)24(26(36)29-27(2,3)4)20-14-28-21-10-6-5-9-19(20)21/h5-14,24,28H,15-16H2,1-4H3,(H,29,36)/t24-/m0/s1. The van der Waals surface area contributed by atoms with Gasteiger partial charge < -0.3 is 19.6 Å². The Bertz CT molecular complexity index is 1560. The normalized spacial score (nSPS) is 12.5. The first-order chi connectivity index (χ1) is 18.2. The van der Waals surface area contributed by atoms with Gasteiger partial charge in [0.25, 0.3) is 0 Å². The predicted molar refractivity (Wildman–Crippen MR) is 144 cm³/mol. The van der Waals surface area contributed by atoms with E-state index in [0.717, 1.165) is 21.5 Å². The number of fused-ring (bicyclic) bond motifs is 1. The number of aromatic amines is 1. The molecule has 11 heteroatoms. The Morgan fingerprint density at radius 3 is 2.68 bits per heavy atom. The zero-order chi connectivity index (χ0) is 26.9. The van der Waals surface area contributed by atoms with E-state index >= 15 is 0 Å². The van der Waals surface area contributed by atoms with E-state index in [9.17, 15) is 9.59 Å². The lowest BCUT2D eigenvalue weighted by Crippen LogP contribution is -2.49. The molecule has 0 aliphatic rings. The monoisotopic (exact) mass is 531 g/mol. The highest BCUT2D eigenvalue weighted by Gasteiger charge is 2.35. The van der Waals surface area contributed by atoms with Crippen molar-refractivity contribution < 1.29 is 14.0 Å². The number of hydrogen-bond donors (Lipinski definition) is 2. The van der Waals surface area contributed by atoms with Gasteiger partial charge in [-0.25, -0.2) is 0 Å². The molecule has 196 valence electrons. The maximum Gasteiger partial charge on any atom is 0.247 e. The van der Waals surface area contributed by atoms with E-state index in [2.05, 4.69) is 25.7 Å². The lowest BCUT2D eigenvalue weighted by atomic mass is 10.0. The minimum absolute atomic E-state index is 0.195. The quantitative estimate of drug-likeness (QED) is 0.305. The lowest BCUT2D eigenvalue weighted by molar-refractivity contribution is -0.143. The number of aryl methyl sites for hydroxylation is 1. The largest absolute Gasteiger partial charge is 0.458 e. The topological polar surface area (TPSA) is 122 Å². The SMILES string of the molecule is Cc1ccc(-c2nnn(CC(=O)N(Cc3cccs3)[C@H](C(=O)NC(C)(C)C)c3c[nH]c4ccccc34)n2)o1. The van der Waals surface area contributed by atoms with Gasteiger partial charge in [-0.2, -0.15) is 4.80 Å². The molecule has 0 saturated carbocycles. The molecule has 0 aliphatic heterocycles. The van der Waals surface area contributed by atoms with Crippen molar-refractivity contribution in [3.63, 3.8) is 0 Å². The van der Waals surface area contributed by atoms with Gasteiger partial charge in [0.05, 0.1) is 6.54 Å². The molecule has 0 bridgehead atoms. The maximum atomic E-state index is 13.9. The summed E-state index contributed by atoms with van der Waals surface area (Å²) in [6.45, 7) is 7.63. The zero-order valence-corrected chi connectivity index (χ0v) is 22.5. The van der Waals surface area contributed by atoms with E-state index in [1.165, 1.54) is 16.1 Å². The number of aromatic nitrogens is 5. The summed E-state index contributed by atoms with van der Waals surface area (Å²) in [6.07, 6.45) is 1.80. The first-order valence-corrected chi connectivity index (χ1v) is 13.1. The van der Waals surface area contributed by atoms with Crippen molar-refractivity contribution in [3.05, 3.63) is 76.3 Å². The summed E-state index contributed by atoms with van der Waals surface area (Å²) in [5, 5.41) is 18.3. The van der Waals surface area contributed by atoms with Crippen molar-refractivity contribution in [2.75, 3.05) is 0 Å². The number of hydrogen-bond acceptors (Lipinski definition) is 7. The van der Waals surface area contributed by atoms with Gasteiger partial charge in [-0.1, -0.05) is 24.3 Å². The van der Waals surface area contributed by atoms with Crippen LogP contribution in [0.2, 0.25) is 0 Å². The van der Waals surface area contributed by atoms with Crippen LogP contribution < -0.4 is 5.32 Å². The number of furan rings is 1. The van der Waals surface area contributed by atoms with Crippen LogP contribution in [0.25, 0.3) is 22.5 Å². The Morgan fingerprint density at radius 1 is 1.16 bits per heavy atom. The molecule has 2 N–H and O–H groups in total. The molecular formula is C27H29N7O3S. The molecule has 0 saturated heterocycles. The zero-order valence-electron chi connectivity index (χ0n) is 21.6. The fraction of sp³-hybridized carbons (Fsp3) is 0.296. The van der Waals surface area contributed by atoms with E-state index < -0.39 is 11.6 Å². The van der Waals surface area contributed by atoms with Gasteiger partial charge in [-0.05, 0) is 62.6 Å². The van der Waals surface area contributed by atoms with E-state index in [1.54, 1.807) is 17.2 Å². The third kappa shape index (κ3) is 5.52. The molecule has 4 heterocycles. The molecule has 0 fully saturated rings. The summed E-state index contributed by atoms with van der Waals surface area (Å²) in [4.78, 5) is 34.8. The molecule has 5 aromatic rings. The Labute approximate surface area is 223 Å². The number of amides is 2. The number of H-pyrrole nitrogens is 1. The van der Waals surface area contributed by atoms with Gasteiger partial charge in [-0.3, -0.25) is 9.59 Å². The molecule has 5 rings (SSSR count). The fourth-order valence-corrected chi connectivity index (χ4v) is 4.98. The number of benzene rings is 1. The van der Waals surface area contributed by atoms with E-state index in [-0.39, 0.29) is 30.7 Å². The van der Waals surface area contributed by atoms with Crippen molar-refractivity contribution in [2.45, 2.75) is 52.4 Å². The van der Waals surface area contributed by atoms with Crippen LogP contribution >= 0.6 is 11.3 Å². The maximum absolute atomic E-state index is 13.9. The fourth-order valence-electron chi connectivity index (χ4n) is 4.28. The molecule has 0 spiro atoms. The summed E-state index contributed by atoms with van der Waals surface area (Å²) < 4.78 is 5.58. The second kappa shape index (κ2) is 10.3. The van der Waals surface area contributed by atoms with Gasteiger partial charge >= 0.3 is 0 Å². The van der Waals surface area contributed by atoms with Crippen LogP contribution in [0.5, 0.6) is 0 Å². The van der Waals surface area contributed by atoms with Crippen molar-refractivity contribution in [2.24, 2.45) is 0 Å². The molecular weight excluding hydrogens is 502 g/mol. The first kappa shape index (κ1) is 25.4. The number of tetrazole rings is 1. The molecule has 2 amide bonds. The Hall–Kier alpha value is -4.25. The Kier molecular flexibility index (Phi) is 6.85. The van der Waals surface area contributed by atoms with E-state index in [0.29, 0.717) is 11.3 Å². The summed E-state index contributed by atoms with van der Waals surface area (Å²) >= 11 is 1.53. The van der Waals surface area contributed by atoms with Crippen molar-refractivity contribution in [3.8, 4) is 11.6 Å². The highest BCUT2D eigenvalue weighted by Crippen LogP contribution is 2.31. The Balaban J connectivity index is 1.52. The van der Waals surface area contributed by atoms with E-state index in [4.69, 9.17) is 4.42 Å². The number of nitrogens with zero attached hydrogens (tertiary/aromatic N) is 5. The van der Waals surface area contributed by atoms with Gasteiger partial charge in [0.2, 0.25) is 17.6 Å². The second-order valence-electron chi connectivity index (χ2n) is 10.1. The molecule has 1 aromatic carbocycles. The smallest absolute Gasteiger partial charge is 0.247 e. The summed E-state index contributed by atoms with van der Waals surface area (Å²) in [7, 11) is 0. The summed E-state index contributed by atoms with van der Waals surface area (Å²) in [5.41, 5.74) is 1.10. The number of carbonyl (C=O) groups excluding carboxylic acids is 2. The molecule has 0 unspecified atom stereocenters. The lowest BCUT2D eigenvalue weighted by Gasteiger charge is -2.33. The highest BCUT2D eigenvalue weighted by molar-refractivity contribution is 7.09. The number of thiophene rings is 1. The summed E-state index contributed by atoms with van der Waals surface area (Å²) in [6, 6.07) is 14.3. The number of carbonyl (C=O) groups is 2. The molecule has 38 heavy (non-hydrogen) atoms. The molecule has 1 atom stereocenters. The minimum Gasteiger partial charge on any atom is -0.458 e. The van der Waals surface area contributed by atoms with Crippen molar-refractivity contribution >= 4 is 34.1 Å². The van der Waals surface area contributed by atoms with Crippen LogP contribution in [0.4, 0.5) is 0 Å². The number of para-hydroxylation sites is 1. The minimum atomic E-state index is -0.893. The average Bonchev–Trinajstić information content (AvgIpc) is 3.66. The highest BCUT2D eigenvalue weighted by atomic mass is 32.1. The second-order valence-corrected chi connectivity index (χ2v) is 11.1. The number of rotatable bonds is 8. The molecule has 0 radical (unpaired) electrons. The van der Waals surface area contributed by atoms with Crippen LogP contribution in [0.3, 0.4) is 0 Å². The van der Waals surface area contributed by atoms with Crippen molar-refractivity contribution in [1.82, 2.24) is 35.4 Å². The van der Waals surface area contributed by atoms with E-state index in [1.807, 2.05) is 75.5 Å². The average molecular weight is 532 g/mol. The van der Waals surface area contributed by atoms with Crippen LogP contribution in [0.15, 0.2) is 64.5 Å². The van der Waals surface area contributed by atoms with Gasteiger partial charge in [0.15, 0.2) is 5.76 Å². The predicted octanol–water partition coefficient (Wildman–Crippen LogP) is 4.47. The first-order valence-electron chi connectivity index (χ1n) is 12.2.